The molecule has 1 heterocycles. The minimum atomic E-state index is -0.500. The second kappa shape index (κ2) is 8.26. The van der Waals surface area contributed by atoms with Gasteiger partial charge in [0, 0.05) is 18.2 Å². The first-order chi connectivity index (χ1) is 12.9. The van der Waals surface area contributed by atoms with Gasteiger partial charge in [0.1, 0.15) is 11.0 Å². The van der Waals surface area contributed by atoms with Gasteiger partial charge in [-0.2, -0.15) is 0 Å². The Hall–Kier alpha value is -2.80. The van der Waals surface area contributed by atoms with Gasteiger partial charge in [0.05, 0.1) is 12.8 Å². The van der Waals surface area contributed by atoms with Crippen molar-refractivity contribution in [3.8, 4) is 5.75 Å². The summed E-state index contributed by atoms with van der Waals surface area (Å²) in [5.41, 5.74) is 3.57. The number of aliphatic imine (C=N–C) groups is 1. The van der Waals surface area contributed by atoms with E-state index in [0.717, 1.165) is 16.8 Å². The lowest BCUT2D eigenvalue weighted by molar-refractivity contribution is -0.122. The SMILES string of the molecule is COc1cccc(N=C2NC(=O)[C@@H](CC(=O)Nc3ccc(C)cc3C)S2)c1. The zero-order chi connectivity index (χ0) is 19.4. The molecule has 0 saturated carbocycles. The second-order valence-corrected chi connectivity index (χ2v) is 7.48. The van der Waals surface area contributed by atoms with Crippen LogP contribution >= 0.6 is 11.8 Å². The number of aryl methyl sites for hydroxylation is 2. The molecule has 7 heteroatoms. The number of methoxy groups -OCH3 is 1. The number of rotatable bonds is 5. The van der Waals surface area contributed by atoms with E-state index in [9.17, 15) is 9.59 Å². The van der Waals surface area contributed by atoms with Crippen molar-refractivity contribution in [2.45, 2.75) is 25.5 Å². The zero-order valence-electron chi connectivity index (χ0n) is 15.4. The minimum Gasteiger partial charge on any atom is -0.497 e. The third-order valence-electron chi connectivity index (χ3n) is 4.09. The molecular weight excluding hydrogens is 362 g/mol. The molecule has 2 N–H and O–H groups in total. The summed E-state index contributed by atoms with van der Waals surface area (Å²) in [4.78, 5) is 28.9. The number of amides is 2. The average Bonchev–Trinajstić information content (AvgIpc) is 2.96. The average molecular weight is 383 g/mol. The Kier molecular flexibility index (Phi) is 5.81. The van der Waals surface area contributed by atoms with Gasteiger partial charge in [-0.1, -0.05) is 35.5 Å². The first-order valence-electron chi connectivity index (χ1n) is 8.52. The van der Waals surface area contributed by atoms with E-state index in [0.29, 0.717) is 16.6 Å². The van der Waals surface area contributed by atoms with Crippen LogP contribution in [0.25, 0.3) is 0 Å². The van der Waals surface area contributed by atoms with Gasteiger partial charge in [-0.25, -0.2) is 4.99 Å². The fourth-order valence-corrected chi connectivity index (χ4v) is 3.70. The van der Waals surface area contributed by atoms with Crippen molar-refractivity contribution in [2.75, 3.05) is 12.4 Å². The van der Waals surface area contributed by atoms with Crippen molar-refractivity contribution >= 4 is 40.1 Å². The maximum absolute atomic E-state index is 12.3. The molecule has 2 aromatic rings. The summed E-state index contributed by atoms with van der Waals surface area (Å²) in [6, 6.07) is 13.1. The molecule has 1 atom stereocenters. The van der Waals surface area contributed by atoms with E-state index in [1.54, 1.807) is 13.2 Å². The lowest BCUT2D eigenvalue weighted by Crippen LogP contribution is -2.28. The topological polar surface area (TPSA) is 79.8 Å². The Morgan fingerprint density at radius 2 is 2.07 bits per heavy atom. The van der Waals surface area contributed by atoms with E-state index in [-0.39, 0.29) is 18.2 Å². The van der Waals surface area contributed by atoms with E-state index < -0.39 is 5.25 Å². The van der Waals surface area contributed by atoms with Crippen LogP contribution in [0.4, 0.5) is 11.4 Å². The van der Waals surface area contributed by atoms with E-state index in [2.05, 4.69) is 15.6 Å². The van der Waals surface area contributed by atoms with Crippen molar-refractivity contribution in [3.05, 3.63) is 53.6 Å². The van der Waals surface area contributed by atoms with Crippen LogP contribution in [-0.4, -0.2) is 29.3 Å². The lowest BCUT2D eigenvalue weighted by Gasteiger charge is -2.10. The number of nitrogens with zero attached hydrogens (tertiary/aromatic N) is 1. The summed E-state index contributed by atoms with van der Waals surface area (Å²) < 4.78 is 5.17. The predicted octanol–water partition coefficient (Wildman–Crippen LogP) is 3.56. The number of carbonyl (C=O) groups is 2. The lowest BCUT2D eigenvalue weighted by atomic mass is 10.1. The third kappa shape index (κ3) is 4.89. The number of nitrogens with one attached hydrogen (secondary N) is 2. The Bertz CT molecular complexity index is 911. The number of benzene rings is 2. The molecule has 0 radical (unpaired) electrons. The van der Waals surface area contributed by atoms with Crippen molar-refractivity contribution in [3.63, 3.8) is 0 Å². The molecule has 140 valence electrons. The highest BCUT2D eigenvalue weighted by atomic mass is 32.2. The number of thioether (sulfide) groups is 1. The highest BCUT2D eigenvalue weighted by Crippen LogP contribution is 2.27. The normalized spacial score (nSPS) is 17.7. The van der Waals surface area contributed by atoms with Crippen molar-refractivity contribution < 1.29 is 14.3 Å². The van der Waals surface area contributed by atoms with Crippen LogP contribution in [0.5, 0.6) is 5.75 Å². The van der Waals surface area contributed by atoms with E-state index in [1.807, 2.05) is 50.2 Å². The monoisotopic (exact) mass is 383 g/mol. The number of carbonyl (C=O) groups excluding carboxylic acids is 2. The fourth-order valence-electron chi connectivity index (χ4n) is 2.71. The summed E-state index contributed by atoms with van der Waals surface area (Å²) in [5, 5.41) is 5.59. The first kappa shape index (κ1) is 19.0. The Balaban J connectivity index is 1.63. The number of ether oxygens (including phenoxy) is 1. The molecule has 2 aromatic carbocycles. The summed E-state index contributed by atoms with van der Waals surface area (Å²) in [5.74, 6) is 0.283. The zero-order valence-corrected chi connectivity index (χ0v) is 16.2. The van der Waals surface area contributed by atoms with Gasteiger partial charge in [0.2, 0.25) is 11.8 Å². The molecule has 1 saturated heterocycles. The molecule has 0 spiro atoms. The molecule has 1 aliphatic rings. The summed E-state index contributed by atoms with van der Waals surface area (Å²) >= 11 is 1.26. The van der Waals surface area contributed by atoms with Crippen LogP contribution in [0.2, 0.25) is 0 Å². The maximum Gasteiger partial charge on any atom is 0.240 e. The fraction of sp³-hybridized carbons (Fsp3) is 0.250. The highest BCUT2D eigenvalue weighted by molar-refractivity contribution is 8.15. The molecular formula is C20H21N3O3S. The summed E-state index contributed by atoms with van der Waals surface area (Å²) in [6.07, 6.45) is 0.0843. The minimum absolute atomic E-state index is 0.0843. The molecule has 0 bridgehead atoms. The molecule has 3 rings (SSSR count). The smallest absolute Gasteiger partial charge is 0.240 e. The van der Waals surface area contributed by atoms with Crippen molar-refractivity contribution in [1.29, 1.82) is 0 Å². The molecule has 1 fully saturated rings. The predicted molar refractivity (Wildman–Crippen MR) is 109 cm³/mol. The molecule has 2 amide bonds. The molecule has 1 aliphatic heterocycles. The third-order valence-corrected chi connectivity index (χ3v) is 5.17. The van der Waals surface area contributed by atoms with Crippen LogP contribution in [0.15, 0.2) is 47.5 Å². The number of hydrogen-bond donors (Lipinski definition) is 2. The standard InChI is InChI=1S/C20H21N3O3S/c1-12-7-8-16(13(2)9-12)22-18(24)11-17-19(25)23-20(27-17)21-14-5-4-6-15(10-14)26-3/h4-10,17H,11H2,1-3H3,(H,22,24)(H,21,23,25)/t17-/m1/s1. The second-order valence-electron chi connectivity index (χ2n) is 6.28. The first-order valence-corrected chi connectivity index (χ1v) is 9.40. The van der Waals surface area contributed by atoms with Crippen LogP contribution in [0.1, 0.15) is 17.5 Å². The molecule has 0 aromatic heterocycles. The Morgan fingerprint density at radius 1 is 1.26 bits per heavy atom. The van der Waals surface area contributed by atoms with E-state index in [4.69, 9.17) is 4.74 Å². The molecule has 0 aliphatic carbocycles. The van der Waals surface area contributed by atoms with Gasteiger partial charge in [-0.05, 0) is 37.6 Å². The van der Waals surface area contributed by atoms with Gasteiger partial charge in [-0.3, -0.25) is 9.59 Å². The van der Waals surface area contributed by atoms with Gasteiger partial charge in [0.15, 0.2) is 5.17 Å². The van der Waals surface area contributed by atoms with Crippen LogP contribution < -0.4 is 15.4 Å². The van der Waals surface area contributed by atoms with Gasteiger partial charge in [0.25, 0.3) is 0 Å². The maximum atomic E-state index is 12.3. The van der Waals surface area contributed by atoms with Crippen molar-refractivity contribution in [2.24, 2.45) is 4.99 Å². The van der Waals surface area contributed by atoms with Crippen molar-refractivity contribution in [1.82, 2.24) is 5.32 Å². The van der Waals surface area contributed by atoms with Crippen LogP contribution in [0.3, 0.4) is 0 Å². The van der Waals surface area contributed by atoms with Crippen LogP contribution in [0, 0.1) is 13.8 Å². The largest absolute Gasteiger partial charge is 0.497 e. The van der Waals surface area contributed by atoms with Gasteiger partial charge < -0.3 is 15.4 Å². The Morgan fingerprint density at radius 3 is 2.81 bits per heavy atom. The number of anilines is 1. The van der Waals surface area contributed by atoms with Gasteiger partial charge >= 0.3 is 0 Å². The number of amidine groups is 1. The Labute approximate surface area is 162 Å². The van der Waals surface area contributed by atoms with Gasteiger partial charge in [-0.15, -0.1) is 0 Å². The quantitative estimate of drug-likeness (QED) is 0.827. The van der Waals surface area contributed by atoms with E-state index in [1.165, 1.54) is 11.8 Å². The van der Waals surface area contributed by atoms with Crippen LogP contribution in [-0.2, 0) is 9.59 Å². The van der Waals surface area contributed by atoms with E-state index >= 15 is 0 Å². The summed E-state index contributed by atoms with van der Waals surface area (Å²) in [7, 11) is 1.59. The highest BCUT2D eigenvalue weighted by Gasteiger charge is 2.32. The summed E-state index contributed by atoms with van der Waals surface area (Å²) in [6.45, 7) is 3.94. The molecule has 6 nitrogen and oxygen atoms in total. The number of hydrogen-bond acceptors (Lipinski definition) is 5. The molecule has 0 unspecified atom stereocenters. The molecule has 27 heavy (non-hydrogen) atoms.